The van der Waals surface area contributed by atoms with Gasteiger partial charge in [-0.1, -0.05) is 38.2 Å². The molecule has 3 nitrogen and oxygen atoms in total. The summed E-state index contributed by atoms with van der Waals surface area (Å²) in [6.07, 6.45) is 0.936. The number of aldehydes is 1. The van der Waals surface area contributed by atoms with Crippen molar-refractivity contribution in [1.29, 1.82) is 0 Å². The van der Waals surface area contributed by atoms with Crippen LogP contribution in [0.15, 0.2) is 17.5 Å². The molecule has 0 N–H and O–H groups in total. The van der Waals surface area contributed by atoms with Crippen LogP contribution in [0.4, 0.5) is 5.13 Å². The summed E-state index contributed by atoms with van der Waals surface area (Å²) in [7, 11) is 0. The van der Waals surface area contributed by atoms with Crippen LogP contribution in [0.2, 0.25) is 0 Å². The van der Waals surface area contributed by atoms with E-state index in [-0.39, 0.29) is 5.41 Å². The Morgan fingerprint density at radius 3 is 2.52 bits per heavy atom. The quantitative estimate of drug-likeness (QED) is 0.746. The number of aromatic nitrogens is 1. The number of carbonyl (C=O) groups excluding carboxylic acids is 1. The van der Waals surface area contributed by atoms with Crippen LogP contribution in [0.1, 0.15) is 54.9 Å². The predicted octanol–water partition coefficient (Wildman–Crippen LogP) is 4.73. The van der Waals surface area contributed by atoms with Crippen molar-refractivity contribution in [2.75, 3.05) is 4.90 Å². The molecule has 5 heteroatoms. The van der Waals surface area contributed by atoms with Gasteiger partial charge in [0.2, 0.25) is 0 Å². The van der Waals surface area contributed by atoms with E-state index < -0.39 is 0 Å². The number of rotatable bonds is 5. The average Bonchev–Trinajstić information content (AvgIpc) is 3.03. The molecule has 2 aromatic rings. The van der Waals surface area contributed by atoms with Crippen molar-refractivity contribution in [1.82, 2.24) is 4.98 Å². The van der Waals surface area contributed by atoms with E-state index in [1.54, 1.807) is 11.3 Å². The van der Waals surface area contributed by atoms with Gasteiger partial charge in [-0.05, 0) is 25.3 Å². The molecule has 0 aliphatic rings. The van der Waals surface area contributed by atoms with E-state index in [1.807, 2.05) is 0 Å². The number of anilines is 1. The molecule has 0 aromatic carbocycles. The van der Waals surface area contributed by atoms with Crippen molar-refractivity contribution in [2.45, 2.75) is 52.6 Å². The molecule has 0 saturated heterocycles. The fraction of sp³-hybridized carbons (Fsp3) is 0.500. The number of thiazole rings is 1. The molecule has 2 aromatic heterocycles. The van der Waals surface area contributed by atoms with Crippen LogP contribution in [-0.2, 0) is 12.0 Å². The standard InChI is InChI=1S/C16H22N2OS2/c1-11(2)18(9-12-7-6-8-20-12)15-17-14(16(3,4)5)13(10-19)21-15/h6-8,10-11H,9H2,1-5H3. The Balaban J connectivity index is 2.37. The molecule has 0 spiro atoms. The summed E-state index contributed by atoms with van der Waals surface area (Å²) in [5.74, 6) is 0. The first-order valence-electron chi connectivity index (χ1n) is 7.08. The monoisotopic (exact) mass is 322 g/mol. The van der Waals surface area contributed by atoms with Crippen molar-refractivity contribution in [3.05, 3.63) is 33.0 Å². The summed E-state index contributed by atoms with van der Waals surface area (Å²) < 4.78 is 0. The van der Waals surface area contributed by atoms with Crippen LogP contribution in [0.5, 0.6) is 0 Å². The Hall–Kier alpha value is -1.20. The first kappa shape index (κ1) is 16.2. The van der Waals surface area contributed by atoms with Crippen molar-refractivity contribution in [3.8, 4) is 0 Å². The van der Waals surface area contributed by atoms with E-state index in [2.05, 4.69) is 57.0 Å². The second kappa shape index (κ2) is 6.28. The molecule has 0 bridgehead atoms. The second-order valence-corrected chi connectivity index (χ2v) is 8.42. The highest BCUT2D eigenvalue weighted by Gasteiger charge is 2.25. The molecule has 0 saturated carbocycles. The Morgan fingerprint density at radius 2 is 2.10 bits per heavy atom. The highest BCUT2D eigenvalue weighted by Crippen LogP contribution is 2.34. The summed E-state index contributed by atoms with van der Waals surface area (Å²) in [5, 5.41) is 3.03. The molecule has 114 valence electrons. The molecule has 21 heavy (non-hydrogen) atoms. The first-order valence-corrected chi connectivity index (χ1v) is 8.78. The lowest BCUT2D eigenvalue weighted by molar-refractivity contribution is 0.112. The van der Waals surface area contributed by atoms with Gasteiger partial charge in [-0.25, -0.2) is 4.98 Å². The minimum Gasteiger partial charge on any atom is -0.340 e. The van der Waals surface area contributed by atoms with Crippen LogP contribution < -0.4 is 4.90 Å². The number of carbonyl (C=O) groups is 1. The zero-order valence-electron chi connectivity index (χ0n) is 13.2. The van der Waals surface area contributed by atoms with Gasteiger partial charge in [-0.15, -0.1) is 11.3 Å². The van der Waals surface area contributed by atoms with Crippen LogP contribution in [-0.4, -0.2) is 17.3 Å². The second-order valence-electron chi connectivity index (χ2n) is 6.38. The highest BCUT2D eigenvalue weighted by atomic mass is 32.1. The van der Waals surface area contributed by atoms with Gasteiger partial charge < -0.3 is 4.90 Å². The third kappa shape index (κ3) is 3.71. The van der Waals surface area contributed by atoms with E-state index in [4.69, 9.17) is 4.98 Å². The third-order valence-corrected chi connectivity index (χ3v) is 5.11. The zero-order valence-corrected chi connectivity index (χ0v) is 14.8. The maximum Gasteiger partial charge on any atom is 0.186 e. The molecule has 0 aliphatic carbocycles. The summed E-state index contributed by atoms with van der Waals surface area (Å²) in [6, 6.07) is 4.54. The topological polar surface area (TPSA) is 33.2 Å². The van der Waals surface area contributed by atoms with Crippen LogP contribution in [0, 0.1) is 0 Å². The maximum absolute atomic E-state index is 11.4. The molecule has 0 unspecified atom stereocenters. The van der Waals surface area contributed by atoms with Gasteiger partial charge in [0.05, 0.1) is 17.1 Å². The highest BCUT2D eigenvalue weighted by molar-refractivity contribution is 7.17. The van der Waals surface area contributed by atoms with E-state index in [0.29, 0.717) is 6.04 Å². The van der Waals surface area contributed by atoms with Gasteiger partial charge in [0.15, 0.2) is 11.4 Å². The number of nitrogens with zero attached hydrogens (tertiary/aromatic N) is 2. The molecular weight excluding hydrogens is 300 g/mol. The Labute approximate surface area is 134 Å². The SMILES string of the molecule is CC(C)N(Cc1cccs1)c1nc(C(C)(C)C)c(C=O)s1. The normalized spacial score (nSPS) is 11.9. The van der Waals surface area contributed by atoms with Gasteiger partial charge >= 0.3 is 0 Å². The number of hydrogen-bond donors (Lipinski definition) is 0. The lowest BCUT2D eigenvalue weighted by Gasteiger charge is -2.25. The van der Waals surface area contributed by atoms with Crippen molar-refractivity contribution in [2.24, 2.45) is 0 Å². The van der Waals surface area contributed by atoms with Crippen LogP contribution in [0.25, 0.3) is 0 Å². The summed E-state index contributed by atoms with van der Waals surface area (Å²) in [4.78, 5) is 20.4. The van der Waals surface area contributed by atoms with Gasteiger partial charge in [-0.3, -0.25) is 4.79 Å². The van der Waals surface area contributed by atoms with Gasteiger partial charge in [0, 0.05) is 16.3 Å². The fourth-order valence-electron chi connectivity index (χ4n) is 2.10. The summed E-state index contributed by atoms with van der Waals surface area (Å²) in [5.41, 5.74) is 0.783. The smallest absolute Gasteiger partial charge is 0.186 e. The molecular formula is C16H22N2OS2. The van der Waals surface area contributed by atoms with Crippen molar-refractivity contribution >= 4 is 34.1 Å². The van der Waals surface area contributed by atoms with Gasteiger partial charge in [0.25, 0.3) is 0 Å². The fourth-order valence-corrected chi connectivity index (χ4v) is 4.03. The molecule has 0 atom stereocenters. The minimum atomic E-state index is -0.115. The van der Waals surface area contributed by atoms with E-state index in [0.717, 1.165) is 28.5 Å². The average molecular weight is 322 g/mol. The van der Waals surface area contributed by atoms with Crippen molar-refractivity contribution in [3.63, 3.8) is 0 Å². The summed E-state index contributed by atoms with van der Waals surface area (Å²) in [6.45, 7) is 11.4. The van der Waals surface area contributed by atoms with Crippen LogP contribution in [0.3, 0.4) is 0 Å². The largest absolute Gasteiger partial charge is 0.340 e. The first-order chi connectivity index (χ1) is 9.82. The van der Waals surface area contributed by atoms with Gasteiger partial charge in [0.1, 0.15) is 0 Å². The molecule has 0 fully saturated rings. The van der Waals surface area contributed by atoms with E-state index in [9.17, 15) is 4.79 Å². The molecule has 0 aliphatic heterocycles. The third-order valence-electron chi connectivity index (χ3n) is 3.23. The van der Waals surface area contributed by atoms with Crippen molar-refractivity contribution < 1.29 is 4.79 Å². The minimum absolute atomic E-state index is 0.115. The molecule has 2 rings (SSSR count). The molecule has 2 heterocycles. The predicted molar refractivity (Wildman–Crippen MR) is 91.8 cm³/mol. The lowest BCUT2D eigenvalue weighted by Crippen LogP contribution is -2.29. The van der Waals surface area contributed by atoms with E-state index in [1.165, 1.54) is 16.2 Å². The Bertz CT molecular complexity index is 594. The maximum atomic E-state index is 11.4. The Morgan fingerprint density at radius 1 is 1.38 bits per heavy atom. The van der Waals surface area contributed by atoms with Crippen LogP contribution >= 0.6 is 22.7 Å². The molecule has 0 amide bonds. The molecule has 0 radical (unpaired) electrons. The van der Waals surface area contributed by atoms with Gasteiger partial charge in [-0.2, -0.15) is 0 Å². The zero-order chi connectivity index (χ0) is 15.6. The number of thiophene rings is 1. The number of hydrogen-bond acceptors (Lipinski definition) is 5. The summed E-state index contributed by atoms with van der Waals surface area (Å²) >= 11 is 3.25. The van der Waals surface area contributed by atoms with E-state index >= 15 is 0 Å². The Kier molecular flexibility index (Phi) is 4.84. The lowest BCUT2D eigenvalue weighted by atomic mass is 9.91.